The normalized spacial score (nSPS) is 15.4. The number of hydrogen-bond donors (Lipinski definition) is 1. The van der Waals surface area contributed by atoms with Crippen LogP contribution in [0.2, 0.25) is 0 Å². The van der Waals surface area contributed by atoms with E-state index >= 15 is 0 Å². The summed E-state index contributed by atoms with van der Waals surface area (Å²) in [7, 11) is 0. The van der Waals surface area contributed by atoms with Gasteiger partial charge in [0, 0.05) is 5.56 Å². The first-order chi connectivity index (χ1) is 8.86. The monoisotopic (exact) mass is 240 g/mol. The first-order valence-electron chi connectivity index (χ1n) is 6.36. The molecule has 2 aromatic rings. The molecule has 18 heavy (non-hydrogen) atoms. The molecule has 1 aliphatic carbocycles. The van der Waals surface area contributed by atoms with Gasteiger partial charge in [0.2, 0.25) is 5.88 Å². The Labute approximate surface area is 106 Å². The summed E-state index contributed by atoms with van der Waals surface area (Å²) in [4.78, 5) is 0. The molecule has 92 valence electrons. The van der Waals surface area contributed by atoms with Crippen LogP contribution in [0.3, 0.4) is 0 Å². The Morgan fingerprint density at radius 1 is 1.11 bits per heavy atom. The van der Waals surface area contributed by atoms with Crippen LogP contribution >= 0.6 is 0 Å². The summed E-state index contributed by atoms with van der Waals surface area (Å²) < 4.78 is 5.19. The van der Waals surface area contributed by atoms with Gasteiger partial charge in [-0.2, -0.15) is 0 Å². The van der Waals surface area contributed by atoms with Gasteiger partial charge in [0.1, 0.15) is 5.69 Å². The molecule has 1 aromatic carbocycles. The van der Waals surface area contributed by atoms with Gasteiger partial charge in [0.05, 0.1) is 5.56 Å². The van der Waals surface area contributed by atoms with Crippen LogP contribution in [-0.4, -0.2) is 5.16 Å². The smallest absolute Gasteiger partial charge is 0.230 e. The highest BCUT2D eigenvalue weighted by molar-refractivity contribution is 5.84. The zero-order chi connectivity index (χ0) is 12.4. The minimum absolute atomic E-state index is 0.432. The molecule has 0 amide bonds. The van der Waals surface area contributed by atoms with E-state index in [0.717, 1.165) is 29.7 Å². The van der Waals surface area contributed by atoms with E-state index in [1.54, 1.807) is 0 Å². The Bertz CT molecular complexity index is 569. The number of anilines is 1. The maximum Gasteiger partial charge on any atom is 0.230 e. The number of nitrogens with two attached hydrogens (primary N) is 1. The van der Waals surface area contributed by atoms with E-state index in [-0.39, 0.29) is 0 Å². The average Bonchev–Trinajstić information content (AvgIpc) is 2.83. The second-order valence-electron chi connectivity index (χ2n) is 4.61. The van der Waals surface area contributed by atoms with Crippen LogP contribution in [-0.2, 0) is 0 Å². The predicted molar refractivity (Wildman–Crippen MR) is 72.8 cm³/mol. The summed E-state index contributed by atoms with van der Waals surface area (Å²) in [6.07, 6.45) is 6.91. The third kappa shape index (κ3) is 1.92. The van der Waals surface area contributed by atoms with Crippen molar-refractivity contribution in [1.82, 2.24) is 5.16 Å². The van der Waals surface area contributed by atoms with Crippen LogP contribution in [0.5, 0.6) is 0 Å². The van der Waals surface area contributed by atoms with Crippen LogP contribution in [0.1, 0.15) is 31.2 Å². The molecule has 0 aliphatic heterocycles. The van der Waals surface area contributed by atoms with E-state index < -0.39 is 0 Å². The molecule has 3 rings (SSSR count). The number of hydrogen-bond acceptors (Lipinski definition) is 3. The van der Waals surface area contributed by atoms with E-state index in [2.05, 4.69) is 11.2 Å². The molecule has 1 heterocycles. The van der Waals surface area contributed by atoms with Crippen molar-refractivity contribution in [3.8, 4) is 11.3 Å². The van der Waals surface area contributed by atoms with Gasteiger partial charge >= 0.3 is 0 Å². The Kier molecular flexibility index (Phi) is 2.89. The fourth-order valence-corrected chi connectivity index (χ4v) is 2.47. The Morgan fingerprint density at radius 3 is 2.67 bits per heavy atom. The number of aromatic nitrogens is 1. The highest BCUT2D eigenvalue weighted by Crippen LogP contribution is 2.37. The zero-order valence-corrected chi connectivity index (χ0v) is 10.2. The molecule has 3 nitrogen and oxygen atoms in total. The van der Waals surface area contributed by atoms with Crippen LogP contribution < -0.4 is 5.73 Å². The summed E-state index contributed by atoms with van der Waals surface area (Å²) in [5, 5.41) is 4.12. The fraction of sp³-hybridized carbons (Fsp3) is 0.267. The zero-order valence-electron chi connectivity index (χ0n) is 10.2. The van der Waals surface area contributed by atoms with Gasteiger partial charge in [-0.15, -0.1) is 0 Å². The lowest BCUT2D eigenvalue weighted by Crippen LogP contribution is -1.96. The van der Waals surface area contributed by atoms with E-state index in [9.17, 15) is 0 Å². The molecule has 0 bridgehead atoms. The van der Waals surface area contributed by atoms with Gasteiger partial charge in [-0.25, -0.2) is 0 Å². The third-order valence-corrected chi connectivity index (χ3v) is 3.38. The maximum absolute atomic E-state index is 5.94. The number of nitrogen functional groups attached to an aromatic ring is 1. The highest BCUT2D eigenvalue weighted by atomic mass is 16.5. The van der Waals surface area contributed by atoms with Crippen molar-refractivity contribution in [1.29, 1.82) is 0 Å². The third-order valence-electron chi connectivity index (χ3n) is 3.38. The van der Waals surface area contributed by atoms with Gasteiger partial charge < -0.3 is 10.3 Å². The minimum atomic E-state index is 0.432. The van der Waals surface area contributed by atoms with Crippen molar-refractivity contribution in [3.05, 3.63) is 42.0 Å². The number of allylic oxidation sites excluding steroid dienone is 2. The number of benzene rings is 1. The lowest BCUT2D eigenvalue weighted by Gasteiger charge is -2.12. The molecule has 1 aromatic heterocycles. The van der Waals surface area contributed by atoms with E-state index in [1.165, 1.54) is 18.4 Å². The van der Waals surface area contributed by atoms with Crippen LogP contribution in [0, 0.1) is 0 Å². The maximum atomic E-state index is 5.94. The molecule has 3 heteroatoms. The SMILES string of the molecule is Nc1onc(-c2ccccc2)c1C1=CCCCC1. The summed E-state index contributed by atoms with van der Waals surface area (Å²) in [6.45, 7) is 0. The van der Waals surface area contributed by atoms with E-state index in [0.29, 0.717) is 5.88 Å². The van der Waals surface area contributed by atoms with Gasteiger partial charge in [-0.05, 0) is 31.3 Å². The molecule has 0 atom stereocenters. The molecule has 0 unspecified atom stereocenters. The van der Waals surface area contributed by atoms with Crippen molar-refractivity contribution in [2.24, 2.45) is 0 Å². The molecule has 0 saturated carbocycles. The lowest BCUT2D eigenvalue weighted by molar-refractivity contribution is 0.439. The summed E-state index contributed by atoms with van der Waals surface area (Å²) in [5.74, 6) is 0.432. The van der Waals surface area contributed by atoms with Crippen LogP contribution in [0.25, 0.3) is 16.8 Å². The predicted octanol–water partition coefficient (Wildman–Crippen LogP) is 3.88. The second kappa shape index (κ2) is 4.69. The fourth-order valence-electron chi connectivity index (χ4n) is 2.47. The Morgan fingerprint density at radius 2 is 1.94 bits per heavy atom. The second-order valence-corrected chi connectivity index (χ2v) is 4.61. The topological polar surface area (TPSA) is 52.0 Å². The number of nitrogens with zero attached hydrogens (tertiary/aromatic N) is 1. The first-order valence-corrected chi connectivity index (χ1v) is 6.36. The Hall–Kier alpha value is -2.03. The van der Waals surface area contributed by atoms with Crippen LogP contribution in [0.4, 0.5) is 5.88 Å². The lowest BCUT2D eigenvalue weighted by atomic mass is 9.92. The first kappa shape index (κ1) is 11.1. The molecule has 2 N–H and O–H groups in total. The highest BCUT2D eigenvalue weighted by Gasteiger charge is 2.19. The van der Waals surface area contributed by atoms with Crippen molar-refractivity contribution in [2.45, 2.75) is 25.7 Å². The van der Waals surface area contributed by atoms with Crippen molar-refractivity contribution >= 4 is 11.5 Å². The molecular weight excluding hydrogens is 224 g/mol. The molecule has 0 radical (unpaired) electrons. The van der Waals surface area contributed by atoms with E-state index in [4.69, 9.17) is 10.3 Å². The van der Waals surface area contributed by atoms with Crippen molar-refractivity contribution < 1.29 is 4.52 Å². The minimum Gasteiger partial charge on any atom is -0.367 e. The molecule has 1 aliphatic rings. The van der Waals surface area contributed by atoms with Gasteiger partial charge in [-0.1, -0.05) is 41.6 Å². The summed E-state index contributed by atoms with van der Waals surface area (Å²) in [5.41, 5.74) is 10.1. The van der Waals surface area contributed by atoms with Crippen molar-refractivity contribution in [2.75, 3.05) is 5.73 Å². The van der Waals surface area contributed by atoms with E-state index in [1.807, 2.05) is 30.3 Å². The summed E-state index contributed by atoms with van der Waals surface area (Å²) >= 11 is 0. The standard InChI is InChI=1S/C15H16N2O/c16-15-13(11-7-3-1-4-8-11)14(17-18-15)12-9-5-2-6-10-12/h2,5-7,9-10H,1,3-4,8,16H2. The van der Waals surface area contributed by atoms with Gasteiger partial charge in [0.15, 0.2) is 0 Å². The van der Waals surface area contributed by atoms with Crippen LogP contribution in [0.15, 0.2) is 40.9 Å². The Balaban J connectivity index is 2.09. The summed E-state index contributed by atoms with van der Waals surface area (Å²) in [6, 6.07) is 10.1. The molecule has 0 fully saturated rings. The van der Waals surface area contributed by atoms with Gasteiger partial charge in [-0.3, -0.25) is 0 Å². The molecule has 0 saturated heterocycles. The van der Waals surface area contributed by atoms with Crippen molar-refractivity contribution in [3.63, 3.8) is 0 Å². The largest absolute Gasteiger partial charge is 0.367 e. The molecule has 0 spiro atoms. The molecular formula is C15H16N2O. The quantitative estimate of drug-likeness (QED) is 0.866. The average molecular weight is 240 g/mol. The van der Waals surface area contributed by atoms with Gasteiger partial charge in [0.25, 0.3) is 0 Å². The number of rotatable bonds is 2.